The minimum Gasteiger partial charge on any atom is -0.478 e. The molecule has 112 valence electrons. The maximum absolute atomic E-state index is 13.0. The van der Waals surface area contributed by atoms with Gasteiger partial charge in [0.05, 0.1) is 0 Å². The predicted molar refractivity (Wildman–Crippen MR) is 67.8 cm³/mol. The SMILES string of the molecule is CCOC(CC)(CC)c1ncc(C(=O)O)c(C(F)F)n1. The van der Waals surface area contributed by atoms with Crippen molar-refractivity contribution in [1.82, 2.24) is 9.97 Å². The molecule has 0 aliphatic heterocycles. The fourth-order valence-electron chi connectivity index (χ4n) is 2.06. The largest absolute Gasteiger partial charge is 0.478 e. The highest BCUT2D eigenvalue weighted by Gasteiger charge is 2.34. The molecule has 0 radical (unpaired) electrons. The summed E-state index contributed by atoms with van der Waals surface area (Å²) < 4.78 is 31.5. The molecule has 0 atom stereocenters. The second kappa shape index (κ2) is 6.69. The van der Waals surface area contributed by atoms with Crippen LogP contribution in [0.5, 0.6) is 0 Å². The van der Waals surface area contributed by atoms with Gasteiger partial charge >= 0.3 is 5.97 Å². The number of alkyl halides is 2. The van der Waals surface area contributed by atoms with E-state index in [-0.39, 0.29) is 5.82 Å². The van der Waals surface area contributed by atoms with E-state index >= 15 is 0 Å². The number of carboxylic acids is 1. The van der Waals surface area contributed by atoms with Gasteiger partial charge in [0.25, 0.3) is 6.43 Å². The number of halogens is 2. The summed E-state index contributed by atoms with van der Waals surface area (Å²) >= 11 is 0. The molecule has 20 heavy (non-hydrogen) atoms. The molecule has 0 fully saturated rings. The van der Waals surface area contributed by atoms with Crippen LogP contribution in [0.25, 0.3) is 0 Å². The van der Waals surface area contributed by atoms with Gasteiger partial charge in [0, 0.05) is 12.8 Å². The summed E-state index contributed by atoms with van der Waals surface area (Å²) in [6, 6.07) is 0. The van der Waals surface area contributed by atoms with Crippen LogP contribution in [0.3, 0.4) is 0 Å². The highest BCUT2D eigenvalue weighted by Crippen LogP contribution is 2.32. The van der Waals surface area contributed by atoms with Crippen LogP contribution in [-0.2, 0) is 10.3 Å². The minimum atomic E-state index is -2.98. The van der Waals surface area contributed by atoms with Crippen molar-refractivity contribution in [1.29, 1.82) is 0 Å². The molecule has 0 spiro atoms. The Bertz CT molecular complexity index is 477. The van der Waals surface area contributed by atoms with Gasteiger partial charge in [0.2, 0.25) is 0 Å². The Kier molecular flexibility index (Phi) is 5.50. The van der Waals surface area contributed by atoms with Gasteiger partial charge in [-0.25, -0.2) is 23.5 Å². The number of aromatic carboxylic acids is 1. The molecule has 0 aliphatic carbocycles. The van der Waals surface area contributed by atoms with E-state index in [1.54, 1.807) is 6.92 Å². The maximum Gasteiger partial charge on any atom is 0.339 e. The average molecular weight is 288 g/mol. The maximum atomic E-state index is 13.0. The number of ether oxygens (including phenoxy) is 1. The summed E-state index contributed by atoms with van der Waals surface area (Å²) in [5.41, 5.74) is -2.22. The number of aromatic nitrogens is 2. The van der Waals surface area contributed by atoms with Crippen LogP contribution >= 0.6 is 0 Å². The van der Waals surface area contributed by atoms with Gasteiger partial charge in [-0.15, -0.1) is 0 Å². The topological polar surface area (TPSA) is 72.3 Å². The van der Waals surface area contributed by atoms with Crippen LogP contribution < -0.4 is 0 Å². The van der Waals surface area contributed by atoms with E-state index in [0.717, 1.165) is 6.20 Å². The average Bonchev–Trinajstić information content (AvgIpc) is 2.44. The van der Waals surface area contributed by atoms with Gasteiger partial charge in [0.1, 0.15) is 16.9 Å². The lowest BCUT2D eigenvalue weighted by Gasteiger charge is -2.30. The molecule has 0 saturated heterocycles. The van der Waals surface area contributed by atoms with E-state index in [2.05, 4.69) is 9.97 Å². The van der Waals surface area contributed by atoms with Crippen molar-refractivity contribution >= 4 is 5.97 Å². The molecule has 0 aromatic carbocycles. The zero-order valence-corrected chi connectivity index (χ0v) is 11.7. The molecule has 1 rings (SSSR count). The Labute approximate surface area is 116 Å². The van der Waals surface area contributed by atoms with Gasteiger partial charge in [-0.3, -0.25) is 0 Å². The highest BCUT2D eigenvalue weighted by molar-refractivity contribution is 5.88. The molecule has 1 heterocycles. The molecule has 5 nitrogen and oxygen atoms in total. The van der Waals surface area contributed by atoms with Gasteiger partial charge in [-0.05, 0) is 19.8 Å². The van der Waals surface area contributed by atoms with Gasteiger partial charge in [-0.2, -0.15) is 0 Å². The molecule has 7 heteroatoms. The lowest BCUT2D eigenvalue weighted by molar-refractivity contribution is -0.0576. The first-order chi connectivity index (χ1) is 9.41. The van der Waals surface area contributed by atoms with Crippen molar-refractivity contribution in [2.75, 3.05) is 6.61 Å². The third-order valence-electron chi connectivity index (χ3n) is 3.23. The monoisotopic (exact) mass is 288 g/mol. The van der Waals surface area contributed by atoms with E-state index in [4.69, 9.17) is 9.84 Å². The normalized spacial score (nSPS) is 11.9. The molecule has 0 aliphatic rings. The van der Waals surface area contributed by atoms with Crippen molar-refractivity contribution < 1.29 is 23.4 Å². The second-order valence-electron chi connectivity index (χ2n) is 4.23. The Hall–Kier alpha value is -1.63. The van der Waals surface area contributed by atoms with E-state index < -0.39 is 29.3 Å². The van der Waals surface area contributed by atoms with E-state index in [1.807, 2.05) is 13.8 Å². The second-order valence-corrected chi connectivity index (χ2v) is 4.23. The molecule has 1 N–H and O–H groups in total. The summed E-state index contributed by atoms with van der Waals surface area (Å²) in [7, 11) is 0. The number of carboxylic acid groups (broad SMARTS) is 1. The van der Waals surface area contributed by atoms with Crippen molar-refractivity contribution in [3.05, 3.63) is 23.3 Å². The molecule has 0 unspecified atom stereocenters. The lowest BCUT2D eigenvalue weighted by Crippen LogP contribution is -2.31. The van der Waals surface area contributed by atoms with Crippen LogP contribution in [-0.4, -0.2) is 27.7 Å². The van der Waals surface area contributed by atoms with Crippen molar-refractivity contribution in [3.63, 3.8) is 0 Å². The fraction of sp³-hybridized carbons (Fsp3) is 0.615. The number of carbonyl (C=O) groups is 1. The Balaban J connectivity index is 3.38. The zero-order valence-electron chi connectivity index (χ0n) is 11.7. The highest BCUT2D eigenvalue weighted by atomic mass is 19.3. The standard InChI is InChI=1S/C13H18F2N2O3/c1-4-13(5-2,20-6-3)12-16-7-8(11(18)19)9(17-12)10(14)15/h7,10H,4-6H2,1-3H3,(H,18,19). The summed E-state index contributed by atoms with van der Waals surface area (Å²) in [6.07, 6.45) is -1.04. The van der Waals surface area contributed by atoms with Crippen molar-refractivity contribution in [2.24, 2.45) is 0 Å². The third kappa shape index (κ3) is 3.09. The quantitative estimate of drug-likeness (QED) is 0.834. The number of nitrogens with zero attached hydrogens (tertiary/aromatic N) is 2. The van der Waals surface area contributed by atoms with Crippen LogP contribution in [0.2, 0.25) is 0 Å². The minimum absolute atomic E-state index is 0.102. The molecule has 0 saturated carbocycles. The summed E-state index contributed by atoms with van der Waals surface area (Å²) in [4.78, 5) is 18.6. The molecule has 1 aromatic rings. The Morgan fingerprint density at radius 1 is 1.40 bits per heavy atom. The molecular formula is C13H18F2N2O3. The zero-order chi connectivity index (χ0) is 15.3. The fourth-order valence-corrected chi connectivity index (χ4v) is 2.06. The van der Waals surface area contributed by atoms with Crippen molar-refractivity contribution in [2.45, 2.75) is 45.6 Å². The first-order valence-electron chi connectivity index (χ1n) is 6.44. The Morgan fingerprint density at radius 2 is 2.00 bits per heavy atom. The van der Waals surface area contributed by atoms with E-state index in [9.17, 15) is 13.6 Å². The predicted octanol–water partition coefficient (Wildman–Crippen LogP) is 3.16. The van der Waals surface area contributed by atoms with E-state index in [1.165, 1.54) is 0 Å². The molecule has 0 amide bonds. The van der Waals surface area contributed by atoms with Gasteiger partial charge < -0.3 is 9.84 Å². The first-order valence-corrected chi connectivity index (χ1v) is 6.44. The number of hydrogen-bond acceptors (Lipinski definition) is 4. The number of rotatable bonds is 7. The van der Waals surface area contributed by atoms with Crippen LogP contribution in [0, 0.1) is 0 Å². The Morgan fingerprint density at radius 3 is 2.40 bits per heavy atom. The smallest absolute Gasteiger partial charge is 0.339 e. The van der Waals surface area contributed by atoms with Crippen LogP contribution in [0.4, 0.5) is 8.78 Å². The van der Waals surface area contributed by atoms with E-state index in [0.29, 0.717) is 19.4 Å². The van der Waals surface area contributed by atoms with Crippen LogP contribution in [0.15, 0.2) is 6.20 Å². The molecule has 0 bridgehead atoms. The summed E-state index contributed by atoms with van der Waals surface area (Å²) in [5.74, 6) is -1.37. The lowest BCUT2D eigenvalue weighted by atomic mass is 9.95. The molecular weight excluding hydrogens is 270 g/mol. The third-order valence-corrected chi connectivity index (χ3v) is 3.23. The first kappa shape index (κ1) is 16.4. The van der Waals surface area contributed by atoms with Gasteiger partial charge in [0.15, 0.2) is 5.82 Å². The summed E-state index contributed by atoms with van der Waals surface area (Å²) in [5, 5.41) is 8.88. The molecule has 1 aromatic heterocycles. The van der Waals surface area contributed by atoms with Crippen molar-refractivity contribution in [3.8, 4) is 0 Å². The number of hydrogen-bond donors (Lipinski definition) is 1. The van der Waals surface area contributed by atoms with Crippen LogP contribution in [0.1, 0.15) is 61.9 Å². The van der Waals surface area contributed by atoms with Gasteiger partial charge in [-0.1, -0.05) is 13.8 Å². The summed E-state index contributed by atoms with van der Waals surface area (Å²) in [6.45, 7) is 5.86.